The van der Waals surface area contributed by atoms with E-state index in [0.29, 0.717) is 11.6 Å². The van der Waals surface area contributed by atoms with E-state index in [1.54, 1.807) is 74.8 Å². The van der Waals surface area contributed by atoms with Crippen LogP contribution in [-0.2, 0) is 0 Å². The van der Waals surface area contributed by atoms with Crippen LogP contribution in [0.5, 0.6) is 0 Å². The summed E-state index contributed by atoms with van der Waals surface area (Å²) < 4.78 is 0. The van der Waals surface area contributed by atoms with Gasteiger partial charge >= 0.3 is 0 Å². The lowest BCUT2D eigenvalue weighted by Gasteiger charge is -2.63. The second-order valence-corrected chi connectivity index (χ2v) is 20.6. The van der Waals surface area contributed by atoms with Crippen LogP contribution in [0.3, 0.4) is 0 Å². The van der Waals surface area contributed by atoms with Crippen LogP contribution in [0.25, 0.3) is 0 Å². The largest absolute Gasteiger partial charge is 0.0763 e. The van der Waals surface area contributed by atoms with Gasteiger partial charge in [0.2, 0.25) is 0 Å². The number of hydrogen-bond acceptors (Lipinski definition) is 0. The van der Waals surface area contributed by atoms with Gasteiger partial charge in [0.05, 0.1) is 0 Å². The first-order valence-corrected chi connectivity index (χ1v) is 20.1. The van der Waals surface area contributed by atoms with E-state index in [2.05, 4.69) is 85.8 Å². The second kappa shape index (κ2) is 10.4. The van der Waals surface area contributed by atoms with E-state index in [4.69, 9.17) is 0 Å². The first kappa shape index (κ1) is 26.2. The average molecular weight is 579 g/mol. The number of hydrogen-bond donors (Lipinski definition) is 0. The standard InChI is InChI=1S/C39H48P2/c1-25(40(34-9-4-2-5-10-34)35-11-6-3-7-12-35)36-13-8-14-37(36)41(38-30-17-26-15-27(19-30)20-31(38)18-26)39-32-21-28-16-29(23-32)24-33(39)22-28/h2-14,25-33,36,38-39H,15-24H2,1H3. The second-order valence-electron chi connectivity index (χ2n) is 15.5. The molecule has 8 bridgehead atoms. The Kier molecular flexibility index (Phi) is 6.68. The summed E-state index contributed by atoms with van der Waals surface area (Å²) in [5.41, 5.74) is 2.72. The van der Waals surface area contributed by atoms with Crippen molar-refractivity contribution in [3.8, 4) is 0 Å². The molecule has 0 spiro atoms. The summed E-state index contributed by atoms with van der Waals surface area (Å²) in [6.07, 6.45) is 23.8. The first-order chi connectivity index (χ1) is 20.2. The Labute approximate surface area is 251 Å². The van der Waals surface area contributed by atoms with Crippen molar-refractivity contribution in [2.45, 2.75) is 88.1 Å². The monoisotopic (exact) mass is 578 g/mol. The van der Waals surface area contributed by atoms with E-state index in [9.17, 15) is 0 Å². The van der Waals surface area contributed by atoms with Crippen molar-refractivity contribution in [1.82, 2.24) is 0 Å². The molecule has 41 heavy (non-hydrogen) atoms. The Morgan fingerprint density at radius 1 is 0.561 bits per heavy atom. The maximum Gasteiger partial charge on any atom is 0.00966 e. The third-order valence-electron chi connectivity index (χ3n) is 13.2. The van der Waals surface area contributed by atoms with Crippen LogP contribution in [0.4, 0.5) is 0 Å². The summed E-state index contributed by atoms with van der Waals surface area (Å²) in [5, 5.41) is 5.10. The van der Waals surface area contributed by atoms with Crippen LogP contribution >= 0.6 is 15.8 Å². The lowest BCUT2D eigenvalue weighted by Crippen LogP contribution is -2.53. The number of allylic oxidation sites excluding steroid dienone is 4. The normalized spacial score (nSPS) is 43.1. The van der Waals surface area contributed by atoms with Gasteiger partial charge in [0.25, 0.3) is 0 Å². The van der Waals surface area contributed by atoms with Gasteiger partial charge in [0, 0.05) is 5.92 Å². The predicted octanol–water partition coefficient (Wildman–Crippen LogP) is 9.71. The highest BCUT2D eigenvalue weighted by Gasteiger charge is 2.58. The van der Waals surface area contributed by atoms with Crippen LogP contribution in [0.15, 0.2) is 84.2 Å². The summed E-state index contributed by atoms with van der Waals surface area (Å²) in [6.45, 7) is 2.64. The van der Waals surface area contributed by atoms with Gasteiger partial charge in [-0.2, -0.15) is 0 Å². The molecule has 9 aliphatic rings. The van der Waals surface area contributed by atoms with Crippen LogP contribution in [0, 0.1) is 53.3 Å². The van der Waals surface area contributed by atoms with Crippen molar-refractivity contribution in [1.29, 1.82) is 0 Å². The predicted molar refractivity (Wildman–Crippen MR) is 178 cm³/mol. The van der Waals surface area contributed by atoms with Gasteiger partial charge in [0.1, 0.15) is 0 Å². The van der Waals surface area contributed by atoms with Gasteiger partial charge < -0.3 is 0 Å². The molecular weight excluding hydrogens is 530 g/mol. The fourth-order valence-electron chi connectivity index (χ4n) is 12.4. The fraction of sp³-hybridized carbons (Fsp3) is 0.590. The third-order valence-corrected chi connectivity index (χ3v) is 20.1. The molecule has 8 fully saturated rings. The molecule has 0 aliphatic heterocycles. The lowest BCUT2D eigenvalue weighted by molar-refractivity contribution is 0.0133. The van der Waals surface area contributed by atoms with E-state index in [0.717, 1.165) is 58.7 Å². The summed E-state index contributed by atoms with van der Waals surface area (Å²) in [5.74, 6) is 9.16. The molecule has 0 heterocycles. The maximum absolute atomic E-state index is 2.73. The lowest BCUT2D eigenvalue weighted by atomic mass is 9.55. The first-order valence-electron chi connectivity index (χ1n) is 17.3. The summed E-state index contributed by atoms with van der Waals surface area (Å²) >= 11 is 0. The molecule has 2 aromatic carbocycles. The highest BCUT2D eigenvalue weighted by atomic mass is 31.1. The zero-order chi connectivity index (χ0) is 27.1. The van der Waals surface area contributed by atoms with Crippen LogP contribution in [0.1, 0.15) is 71.1 Å². The molecule has 0 nitrogen and oxygen atoms in total. The zero-order valence-electron chi connectivity index (χ0n) is 24.9. The van der Waals surface area contributed by atoms with Crippen molar-refractivity contribution in [2.24, 2.45) is 53.3 Å². The van der Waals surface area contributed by atoms with Gasteiger partial charge in [-0.15, -0.1) is 0 Å². The van der Waals surface area contributed by atoms with Gasteiger partial charge in [-0.3, -0.25) is 0 Å². The van der Waals surface area contributed by atoms with Crippen molar-refractivity contribution in [3.05, 3.63) is 84.2 Å². The molecule has 0 saturated heterocycles. The topological polar surface area (TPSA) is 0 Å². The fourth-order valence-corrected chi connectivity index (χ4v) is 20.1. The molecule has 2 atom stereocenters. The van der Waals surface area contributed by atoms with Gasteiger partial charge in [0.15, 0.2) is 0 Å². The Balaban J connectivity index is 1.11. The van der Waals surface area contributed by atoms with Gasteiger partial charge in [-0.1, -0.05) is 93.7 Å². The molecule has 8 saturated carbocycles. The Morgan fingerprint density at radius 3 is 1.39 bits per heavy atom. The van der Waals surface area contributed by atoms with Crippen molar-refractivity contribution in [2.75, 3.05) is 0 Å². The van der Waals surface area contributed by atoms with Crippen LogP contribution < -0.4 is 10.6 Å². The molecule has 2 aromatic rings. The van der Waals surface area contributed by atoms with E-state index >= 15 is 0 Å². The maximum atomic E-state index is 2.73. The van der Waals surface area contributed by atoms with Crippen LogP contribution in [-0.4, -0.2) is 17.0 Å². The van der Waals surface area contributed by atoms with Crippen LogP contribution in [0.2, 0.25) is 0 Å². The van der Waals surface area contributed by atoms with Crippen molar-refractivity contribution in [3.63, 3.8) is 0 Å². The summed E-state index contributed by atoms with van der Waals surface area (Å²) in [6, 6.07) is 23.2. The highest BCUT2D eigenvalue weighted by molar-refractivity contribution is 7.73. The molecule has 2 heteroatoms. The van der Waals surface area contributed by atoms with E-state index in [-0.39, 0.29) is 7.92 Å². The molecule has 9 aliphatic carbocycles. The third kappa shape index (κ3) is 4.43. The molecule has 2 unspecified atom stereocenters. The summed E-state index contributed by atoms with van der Waals surface area (Å²) in [7, 11) is -0.502. The van der Waals surface area contributed by atoms with E-state index < -0.39 is 7.92 Å². The quantitative estimate of drug-likeness (QED) is 0.287. The van der Waals surface area contributed by atoms with E-state index in [1.807, 2.05) is 5.31 Å². The molecule has 0 aromatic heterocycles. The minimum Gasteiger partial charge on any atom is -0.0763 e. The molecular formula is C39H48P2. The van der Waals surface area contributed by atoms with Crippen molar-refractivity contribution >= 4 is 26.5 Å². The molecule has 0 radical (unpaired) electrons. The Morgan fingerprint density at radius 2 is 0.976 bits per heavy atom. The molecule has 11 rings (SSSR count). The minimum absolute atomic E-state index is 0.0869. The highest BCUT2D eigenvalue weighted by Crippen LogP contribution is 2.75. The Bertz CT molecular complexity index is 1170. The number of rotatable bonds is 7. The van der Waals surface area contributed by atoms with Gasteiger partial charge in [-0.05, 0) is 152 Å². The zero-order valence-corrected chi connectivity index (χ0v) is 26.7. The van der Waals surface area contributed by atoms with Gasteiger partial charge in [-0.25, -0.2) is 0 Å². The SMILES string of the molecule is CC(C1C=CC=C1P(C1C2CC3CC(C2)CC1C3)C1C2CC3CC(C2)CC1C3)P(c1ccccc1)c1ccccc1. The van der Waals surface area contributed by atoms with E-state index in [1.165, 1.54) is 0 Å². The molecule has 214 valence electrons. The summed E-state index contributed by atoms with van der Waals surface area (Å²) in [4.78, 5) is 0. The smallest absolute Gasteiger partial charge is 0.00966 e. The Hall–Kier alpha value is -1.22. The molecule has 0 N–H and O–H groups in total. The molecule has 0 amide bonds. The number of benzene rings is 2. The minimum atomic E-state index is -0.415. The van der Waals surface area contributed by atoms with Crippen molar-refractivity contribution < 1.29 is 0 Å². The average Bonchev–Trinajstić information content (AvgIpc) is 3.46.